The fraction of sp³-hybridized carbons (Fsp3) is 0.600. The lowest BCUT2D eigenvalue weighted by Gasteiger charge is -2.30. The van der Waals surface area contributed by atoms with Gasteiger partial charge >= 0.3 is 0 Å². The highest BCUT2D eigenvalue weighted by Crippen LogP contribution is 2.31. The third kappa shape index (κ3) is 3.55. The lowest BCUT2D eigenvalue weighted by Crippen LogP contribution is -2.41. The van der Waals surface area contributed by atoms with Crippen molar-refractivity contribution in [1.82, 2.24) is 4.31 Å². The molecule has 1 fully saturated rings. The zero-order valence-corrected chi connectivity index (χ0v) is 13.4. The number of halogens is 1. The first-order valence-corrected chi connectivity index (χ1v) is 8.83. The Morgan fingerprint density at radius 1 is 1.33 bits per heavy atom. The van der Waals surface area contributed by atoms with Gasteiger partial charge in [0.2, 0.25) is 10.0 Å². The van der Waals surface area contributed by atoms with Crippen LogP contribution in [0.4, 0.5) is 10.1 Å². The molecule has 2 rings (SSSR count). The van der Waals surface area contributed by atoms with Crippen molar-refractivity contribution in [2.24, 2.45) is 5.92 Å². The van der Waals surface area contributed by atoms with Gasteiger partial charge in [-0.1, -0.05) is 26.7 Å². The van der Waals surface area contributed by atoms with Crippen LogP contribution in [0.15, 0.2) is 23.1 Å². The molecule has 0 heterocycles. The number of nitrogens with two attached hydrogens (primary N) is 1. The van der Waals surface area contributed by atoms with Crippen LogP contribution in [-0.2, 0) is 10.0 Å². The maximum absolute atomic E-state index is 13.4. The Hall–Kier alpha value is -1.14. The van der Waals surface area contributed by atoms with Crippen molar-refractivity contribution >= 4 is 15.7 Å². The Bertz CT molecular complexity index is 596. The van der Waals surface area contributed by atoms with E-state index < -0.39 is 15.8 Å². The van der Waals surface area contributed by atoms with Crippen LogP contribution in [0.25, 0.3) is 0 Å². The Labute approximate surface area is 126 Å². The van der Waals surface area contributed by atoms with E-state index in [1.807, 2.05) is 13.8 Å². The molecule has 1 aromatic rings. The quantitative estimate of drug-likeness (QED) is 0.850. The standard InChI is InChI=1S/C15H23FN2O2S/c1-11(2)10-18(13-5-3-4-6-13)21(19,20)15-9-12(16)7-8-14(15)17/h7-9,11,13H,3-6,10,17H2,1-2H3. The van der Waals surface area contributed by atoms with Crippen LogP contribution in [0, 0.1) is 11.7 Å². The van der Waals surface area contributed by atoms with Crippen molar-refractivity contribution in [1.29, 1.82) is 0 Å². The average molecular weight is 314 g/mol. The van der Waals surface area contributed by atoms with Gasteiger partial charge in [0.1, 0.15) is 10.7 Å². The van der Waals surface area contributed by atoms with Gasteiger partial charge in [0.15, 0.2) is 0 Å². The van der Waals surface area contributed by atoms with Gasteiger partial charge in [-0.05, 0) is 37.0 Å². The van der Waals surface area contributed by atoms with E-state index >= 15 is 0 Å². The monoisotopic (exact) mass is 314 g/mol. The van der Waals surface area contributed by atoms with E-state index in [1.165, 1.54) is 16.4 Å². The predicted molar refractivity (Wildman–Crippen MR) is 81.8 cm³/mol. The third-order valence-corrected chi connectivity index (χ3v) is 5.81. The fourth-order valence-electron chi connectivity index (χ4n) is 2.85. The highest BCUT2D eigenvalue weighted by molar-refractivity contribution is 7.89. The molecule has 1 aliphatic carbocycles. The minimum atomic E-state index is -3.76. The molecule has 4 nitrogen and oxygen atoms in total. The van der Waals surface area contributed by atoms with Crippen LogP contribution >= 0.6 is 0 Å². The number of benzene rings is 1. The molecule has 118 valence electrons. The van der Waals surface area contributed by atoms with Gasteiger partial charge in [-0.25, -0.2) is 12.8 Å². The number of nitrogens with zero attached hydrogens (tertiary/aromatic N) is 1. The number of hydrogen-bond acceptors (Lipinski definition) is 3. The highest BCUT2D eigenvalue weighted by atomic mass is 32.2. The minimum Gasteiger partial charge on any atom is -0.398 e. The van der Waals surface area contributed by atoms with Gasteiger partial charge in [0.05, 0.1) is 5.69 Å². The maximum atomic E-state index is 13.4. The molecule has 0 spiro atoms. The van der Waals surface area contributed by atoms with Crippen molar-refractivity contribution in [2.45, 2.75) is 50.5 Å². The first-order valence-electron chi connectivity index (χ1n) is 7.39. The number of sulfonamides is 1. The van der Waals surface area contributed by atoms with Crippen molar-refractivity contribution in [3.8, 4) is 0 Å². The van der Waals surface area contributed by atoms with Crippen LogP contribution in [0.3, 0.4) is 0 Å². The van der Waals surface area contributed by atoms with E-state index in [-0.39, 0.29) is 22.5 Å². The molecular formula is C15H23FN2O2S. The molecule has 0 atom stereocenters. The topological polar surface area (TPSA) is 63.4 Å². The summed E-state index contributed by atoms with van der Waals surface area (Å²) in [5.41, 5.74) is 5.87. The van der Waals surface area contributed by atoms with E-state index in [1.54, 1.807) is 0 Å². The second kappa shape index (κ2) is 6.32. The molecule has 1 saturated carbocycles. The van der Waals surface area contributed by atoms with Gasteiger partial charge in [-0.2, -0.15) is 4.31 Å². The molecule has 6 heteroatoms. The van der Waals surface area contributed by atoms with Crippen molar-refractivity contribution in [3.05, 3.63) is 24.0 Å². The largest absolute Gasteiger partial charge is 0.398 e. The molecule has 2 N–H and O–H groups in total. The van der Waals surface area contributed by atoms with Gasteiger partial charge in [-0.15, -0.1) is 0 Å². The molecule has 1 aromatic carbocycles. The zero-order chi connectivity index (χ0) is 15.6. The van der Waals surface area contributed by atoms with Crippen LogP contribution in [-0.4, -0.2) is 25.3 Å². The summed E-state index contributed by atoms with van der Waals surface area (Å²) in [6.07, 6.45) is 3.79. The SMILES string of the molecule is CC(C)CN(C1CCCC1)S(=O)(=O)c1cc(F)ccc1N. The van der Waals surface area contributed by atoms with Crippen LogP contribution in [0.5, 0.6) is 0 Å². The molecule has 0 radical (unpaired) electrons. The van der Waals surface area contributed by atoms with Gasteiger partial charge in [-0.3, -0.25) is 0 Å². The minimum absolute atomic E-state index is 0.0000624. The molecular weight excluding hydrogens is 291 g/mol. The molecule has 0 amide bonds. The fourth-order valence-corrected chi connectivity index (χ4v) is 4.83. The molecule has 0 saturated heterocycles. The predicted octanol–water partition coefficient (Wildman–Crippen LogP) is 3.00. The summed E-state index contributed by atoms with van der Waals surface area (Å²) < 4.78 is 40.8. The average Bonchev–Trinajstić information content (AvgIpc) is 2.92. The van der Waals surface area contributed by atoms with Crippen molar-refractivity contribution in [2.75, 3.05) is 12.3 Å². The molecule has 21 heavy (non-hydrogen) atoms. The van der Waals surface area contributed by atoms with Gasteiger partial charge < -0.3 is 5.73 Å². The van der Waals surface area contributed by atoms with E-state index in [4.69, 9.17) is 5.73 Å². The summed E-state index contributed by atoms with van der Waals surface area (Å²) in [5, 5.41) is 0. The number of anilines is 1. The van der Waals surface area contributed by atoms with E-state index in [0.29, 0.717) is 6.54 Å². The van der Waals surface area contributed by atoms with E-state index in [9.17, 15) is 12.8 Å². The zero-order valence-electron chi connectivity index (χ0n) is 12.5. The Morgan fingerprint density at radius 3 is 2.52 bits per heavy atom. The summed E-state index contributed by atoms with van der Waals surface area (Å²) in [6.45, 7) is 4.39. The molecule has 0 aromatic heterocycles. The Kier molecular flexibility index (Phi) is 4.88. The van der Waals surface area contributed by atoms with Crippen molar-refractivity contribution < 1.29 is 12.8 Å². The molecule has 0 unspecified atom stereocenters. The van der Waals surface area contributed by atoms with Gasteiger partial charge in [0, 0.05) is 12.6 Å². The number of nitrogen functional groups attached to an aromatic ring is 1. The van der Waals surface area contributed by atoms with Crippen LogP contribution in [0.1, 0.15) is 39.5 Å². The first kappa shape index (κ1) is 16.2. The molecule has 1 aliphatic rings. The number of hydrogen-bond donors (Lipinski definition) is 1. The van der Waals surface area contributed by atoms with Gasteiger partial charge in [0.25, 0.3) is 0 Å². The summed E-state index contributed by atoms with van der Waals surface area (Å²) in [6, 6.07) is 3.51. The summed E-state index contributed by atoms with van der Waals surface area (Å²) >= 11 is 0. The van der Waals surface area contributed by atoms with Crippen LogP contribution < -0.4 is 5.73 Å². The summed E-state index contributed by atoms with van der Waals surface area (Å²) in [4.78, 5) is -0.116. The number of rotatable bonds is 5. The third-order valence-electron chi connectivity index (χ3n) is 3.84. The molecule has 0 aliphatic heterocycles. The van der Waals surface area contributed by atoms with Crippen LogP contribution in [0.2, 0.25) is 0 Å². The lowest BCUT2D eigenvalue weighted by atomic mass is 10.2. The normalized spacial score (nSPS) is 17.0. The Morgan fingerprint density at radius 2 is 1.95 bits per heavy atom. The summed E-state index contributed by atoms with van der Waals surface area (Å²) in [7, 11) is -3.76. The summed E-state index contributed by atoms with van der Waals surface area (Å²) in [5.74, 6) is -0.381. The first-order chi connectivity index (χ1) is 9.82. The van der Waals surface area contributed by atoms with E-state index in [0.717, 1.165) is 31.7 Å². The Balaban J connectivity index is 2.43. The van der Waals surface area contributed by atoms with E-state index in [2.05, 4.69) is 0 Å². The second-order valence-electron chi connectivity index (χ2n) is 6.09. The second-order valence-corrected chi connectivity index (χ2v) is 7.95. The van der Waals surface area contributed by atoms with Crippen molar-refractivity contribution in [3.63, 3.8) is 0 Å². The smallest absolute Gasteiger partial charge is 0.245 e. The highest BCUT2D eigenvalue weighted by Gasteiger charge is 2.34. The molecule has 0 bridgehead atoms. The maximum Gasteiger partial charge on any atom is 0.245 e. The lowest BCUT2D eigenvalue weighted by molar-refractivity contribution is 0.292.